The third kappa shape index (κ3) is 4.28. The maximum atomic E-state index is 12.4. The van der Waals surface area contributed by atoms with Gasteiger partial charge < -0.3 is 10.6 Å². The van der Waals surface area contributed by atoms with Crippen molar-refractivity contribution in [2.75, 3.05) is 5.32 Å². The van der Waals surface area contributed by atoms with Gasteiger partial charge in [-0.25, -0.2) is 0 Å². The van der Waals surface area contributed by atoms with E-state index in [9.17, 15) is 9.59 Å². The average Bonchev–Trinajstić information content (AvgIpc) is 3.45. The van der Waals surface area contributed by atoms with E-state index in [1.807, 2.05) is 42.6 Å². The van der Waals surface area contributed by atoms with Gasteiger partial charge in [0.25, 0.3) is 0 Å². The molecule has 1 aliphatic rings. The molecule has 1 saturated carbocycles. The topological polar surface area (TPSA) is 71.1 Å². The molecule has 136 valence electrons. The number of pyridine rings is 1. The number of carbonyl (C=O) groups is 2. The minimum atomic E-state index is -0.396. The van der Waals surface area contributed by atoms with Crippen LogP contribution in [0, 0.1) is 5.92 Å². The van der Waals surface area contributed by atoms with Crippen LogP contribution in [0.2, 0.25) is 0 Å². The predicted molar refractivity (Wildman–Crippen MR) is 102 cm³/mol. The summed E-state index contributed by atoms with van der Waals surface area (Å²) in [5, 5.41) is 5.97. The SMILES string of the molecule is CC(=O)Nc1ccccc1[C@H](NC(=O)C1CC1)c1ccc(C(C)C)cn1. The van der Waals surface area contributed by atoms with Crippen molar-refractivity contribution in [1.29, 1.82) is 0 Å². The van der Waals surface area contributed by atoms with Gasteiger partial charge in [0.15, 0.2) is 0 Å². The Morgan fingerprint density at radius 3 is 2.42 bits per heavy atom. The Balaban J connectivity index is 1.98. The summed E-state index contributed by atoms with van der Waals surface area (Å²) in [5.74, 6) is 0.387. The maximum absolute atomic E-state index is 12.4. The van der Waals surface area contributed by atoms with E-state index in [0.29, 0.717) is 11.6 Å². The second kappa shape index (κ2) is 7.68. The van der Waals surface area contributed by atoms with E-state index in [1.54, 1.807) is 0 Å². The standard InChI is InChI=1S/C21H25N3O2/c1-13(2)16-10-11-19(22-12-16)20(24-21(26)15-8-9-15)17-6-4-5-7-18(17)23-14(3)25/h4-7,10-13,15,20H,8-9H2,1-3H3,(H,23,25)(H,24,26)/t20-/m0/s1. The molecule has 2 aromatic rings. The summed E-state index contributed by atoms with van der Waals surface area (Å²) < 4.78 is 0. The Labute approximate surface area is 154 Å². The fourth-order valence-corrected chi connectivity index (χ4v) is 2.90. The number of carbonyl (C=O) groups excluding carboxylic acids is 2. The molecule has 0 unspecified atom stereocenters. The molecule has 0 bridgehead atoms. The van der Waals surface area contributed by atoms with E-state index >= 15 is 0 Å². The number of anilines is 1. The van der Waals surface area contributed by atoms with Crippen LogP contribution in [0.15, 0.2) is 42.6 Å². The Bertz CT molecular complexity index is 795. The molecule has 1 aromatic heterocycles. The van der Waals surface area contributed by atoms with Crippen molar-refractivity contribution in [2.45, 2.75) is 45.6 Å². The van der Waals surface area contributed by atoms with Crippen LogP contribution in [0.1, 0.15) is 62.4 Å². The zero-order chi connectivity index (χ0) is 18.7. The number of aromatic nitrogens is 1. The predicted octanol–water partition coefficient (Wildman–Crippen LogP) is 3.78. The molecule has 0 aliphatic heterocycles. The van der Waals surface area contributed by atoms with Gasteiger partial charge in [-0.3, -0.25) is 14.6 Å². The molecule has 2 N–H and O–H groups in total. The molecule has 1 aliphatic carbocycles. The van der Waals surface area contributed by atoms with Gasteiger partial charge in [0.05, 0.1) is 11.7 Å². The van der Waals surface area contributed by atoms with Gasteiger partial charge in [-0.05, 0) is 36.5 Å². The van der Waals surface area contributed by atoms with Crippen LogP contribution in [-0.4, -0.2) is 16.8 Å². The third-order valence-electron chi connectivity index (χ3n) is 4.59. The van der Waals surface area contributed by atoms with E-state index in [1.165, 1.54) is 6.92 Å². The molecule has 0 saturated heterocycles. The van der Waals surface area contributed by atoms with Crippen LogP contribution in [0.3, 0.4) is 0 Å². The number of nitrogens with one attached hydrogen (secondary N) is 2. The van der Waals surface area contributed by atoms with Crippen molar-refractivity contribution in [1.82, 2.24) is 10.3 Å². The smallest absolute Gasteiger partial charge is 0.223 e. The molecule has 26 heavy (non-hydrogen) atoms. The summed E-state index contributed by atoms with van der Waals surface area (Å²) in [6.07, 6.45) is 3.73. The largest absolute Gasteiger partial charge is 0.343 e. The molecule has 2 amide bonds. The summed E-state index contributed by atoms with van der Waals surface area (Å²) in [6, 6.07) is 11.1. The summed E-state index contributed by atoms with van der Waals surface area (Å²) in [6.45, 7) is 5.72. The van der Waals surface area contributed by atoms with Crippen LogP contribution in [-0.2, 0) is 9.59 Å². The molecular formula is C21H25N3O2. The lowest BCUT2D eigenvalue weighted by molar-refractivity contribution is -0.122. The number of hydrogen-bond donors (Lipinski definition) is 2. The fourth-order valence-electron chi connectivity index (χ4n) is 2.90. The Hall–Kier alpha value is -2.69. The monoisotopic (exact) mass is 351 g/mol. The second-order valence-electron chi connectivity index (χ2n) is 7.16. The van der Waals surface area contributed by atoms with Gasteiger partial charge >= 0.3 is 0 Å². The first-order valence-electron chi connectivity index (χ1n) is 9.08. The number of para-hydroxylation sites is 1. The van der Waals surface area contributed by atoms with E-state index in [0.717, 1.165) is 29.7 Å². The molecule has 0 spiro atoms. The van der Waals surface area contributed by atoms with Crippen LogP contribution >= 0.6 is 0 Å². The Kier molecular flexibility index (Phi) is 5.35. The quantitative estimate of drug-likeness (QED) is 0.832. The molecule has 1 aromatic carbocycles. The minimum Gasteiger partial charge on any atom is -0.343 e. The van der Waals surface area contributed by atoms with Gasteiger partial charge in [0.2, 0.25) is 11.8 Å². The molecule has 5 heteroatoms. The zero-order valence-corrected chi connectivity index (χ0v) is 15.5. The van der Waals surface area contributed by atoms with Crippen molar-refractivity contribution in [3.8, 4) is 0 Å². The molecule has 3 rings (SSSR count). The van der Waals surface area contributed by atoms with Crippen molar-refractivity contribution in [3.63, 3.8) is 0 Å². The van der Waals surface area contributed by atoms with Gasteiger partial charge in [-0.2, -0.15) is 0 Å². The Morgan fingerprint density at radius 2 is 1.85 bits per heavy atom. The van der Waals surface area contributed by atoms with Gasteiger partial charge in [-0.15, -0.1) is 0 Å². The molecule has 1 atom stereocenters. The van der Waals surface area contributed by atoms with E-state index in [-0.39, 0.29) is 17.7 Å². The van der Waals surface area contributed by atoms with E-state index in [4.69, 9.17) is 0 Å². The average molecular weight is 351 g/mol. The number of benzene rings is 1. The van der Waals surface area contributed by atoms with Gasteiger partial charge in [-0.1, -0.05) is 38.1 Å². The lowest BCUT2D eigenvalue weighted by atomic mass is 9.98. The highest BCUT2D eigenvalue weighted by molar-refractivity contribution is 5.90. The maximum Gasteiger partial charge on any atom is 0.223 e. The highest BCUT2D eigenvalue weighted by atomic mass is 16.2. The number of hydrogen-bond acceptors (Lipinski definition) is 3. The first kappa shape index (κ1) is 18.1. The first-order valence-corrected chi connectivity index (χ1v) is 9.08. The number of rotatable bonds is 6. The van der Waals surface area contributed by atoms with Crippen LogP contribution in [0.5, 0.6) is 0 Å². The summed E-state index contributed by atoms with van der Waals surface area (Å²) in [5.41, 5.74) is 3.44. The second-order valence-corrected chi connectivity index (χ2v) is 7.16. The van der Waals surface area contributed by atoms with Crippen molar-refractivity contribution >= 4 is 17.5 Å². The lowest BCUT2D eigenvalue weighted by Gasteiger charge is -2.22. The summed E-state index contributed by atoms with van der Waals surface area (Å²) >= 11 is 0. The molecule has 1 fully saturated rings. The number of amides is 2. The lowest BCUT2D eigenvalue weighted by Crippen LogP contribution is -2.31. The number of nitrogens with zero attached hydrogens (tertiary/aromatic N) is 1. The summed E-state index contributed by atoms with van der Waals surface area (Å²) in [4.78, 5) is 28.6. The van der Waals surface area contributed by atoms with Crippen molar-refractivity contribution in [3.05, 3.63) is 59.4 Å². The third-order valence-corrected chi connectivity index (χ3v) is 4.59. The highest BCUT2D eigenvalue weighted by Crippen LogP contribution is 2.33. The molecular weight excluding hydrogens is 326 g/mol. The minimum absolute atomic E-state index is 0.0439. The molecule has 5 nitrogen and oxygen atoms in total. The first-order chi connectivity index (χ1) is 12.5. The molecule has 0 radical (unpaired) electrons. The van der Waals surface area contributed by atoms with E-state index < -0.39 is 6.04 Å². The van der Waals surface area contributed by atoms with Crippen LogP contribution < -0.4 is 10.6 Å². The van der Waals surface area contributed by atoms with Crippen molar-refractivity contribution in [2.24, 2.45) is 5.92 Å². The van der Waals surface area contributed by atoms with Crippen molar-refractivity contribution < 1.29 is 9.59 Å². The summed E-state index contributed by atoms with van der Waals surface area (Å²) in [7, 11) is 0. The Morgan fingerprint density at radius 1 is 1.12 bits per heavy atom. The fraction of sp³-hybridized carbons (Fsp3) is 0.381. The highest BCUT2D eigenvalue weighted by Gasteiger charge is 2.32. The van der Waals surface area contributed by atoms with Gasteiger partial charge in [0.1, 0.15) is 0 Å². The van der Waals surface area contributed by atoms with Crippen LogP contribution in [0.25, 0.3) is 0 Å². The molecule has 1 heterocycles. The van der Waals surface area contributed by atoms with Crippen LogP contribution in [0.4, 0.5) is 5.69 Å². The zero-order valence-electron chi connectivity index (χ0n) is 15.5. The van der Waals surface area contributed by atoms with E-state index in [2.05, 4.69) is 29.5 Å². The van der Waals surface area contributed by atoms with Gasteiger partial charge in [0, 0.05) is 30.3 Å². The normalized spacial score (nSPS) is 14.8.